The lowest BCUT2D eigenvalue weighted by Crippen LogP contribution is -2.43. The summed E-state index contributed by atoms with van der Waals surface area (Å²) in [5.74, 6) is 0.996. The third-order valence-electron chi connectivity index (χ3n) is 4.96. The van der Waals surface area contributed by atoms with Gasteiger partial charge in [0.05, 0.1) is 0 Å². The minimum absolute atomic E-state index is 0. The second-order valence-corrected chi connectivity index (χ2v) is 8.66. The maximum Gasteiger partial charge on any atom is 0.227 e. The van der Waals surface area contributed by atoms with Crippen molar-refractivity contribution in [1.82, 2.24) is 10.6 Å². The number of nitrogens with one attached hydrogen (secondary N) is 2. The number of benzene rings is 1. The van der Waals surface area contributed by atoms with Gasteiger partial charge in [0.25, 0.3) is 0 Å². The van der Waals surface area contributed by atoms with Gasteiger partial charge in [0, 0.05) is 54.5 Å². The highest BCUT2D eigenvalue weighted by molar-refractivity contribution is 14.0. The van der Waals surface area contributed by atoms with Gasteiger partial charge >= 0.3 is 0 Å². The Bertz CT molecular complexity index is 836. The number of aliphatic imine (C=N–C) groups is 1. The molecule has 1 unspecified atom stereocenters. The fourth-order valence-electron chi connectivity index (χ4n) is 3.55. The van der Waals surface area contributed by atoms with Crippen molar-refractivity contribution in [2.45, 2.75) is 45.6 Å². The molecule has 0 saturated carbocycles. The number of aryl methyl sites for hydroxylation is 1. The van der Waals surface area contributed by atoms with Crippen LogP contribution in [-0.4, -0.2) is 38.0 Å². The highest BCUT2D eigenvalue weighted by Gasteiger charge is 2.23. The van der Waals surface area contributed by atoms with E-state index in [4.69, 9.17) is 0 Å². The van der Waals surface area contributed by atoms with Crippen molar-refractivity contribution < 1.29 is 4.79 Å². The van der Waals surface area contributed by atoms with Gasteiger partial charge in [-0.1, -0.05) is 18.2 Å². The van der Waals surface area contributed by atoms with E-state index in [0.29, 0.717) is 12.5 Å². The highest BCUT2D eigenvalue weighted by Crippen LogP contribution is 2.27. The number of rotatable bonds is 7. The lowest BCUT2D eigenvalue weighted by atomic mass is 10.2. The first-order valence-electron chi connectivity index (χ1n) is 9.97. The Morgan fingerprint density at radius 3 is 2.79 bits per heavy atom. The van der Waals surface area contributed by atoms with E-state index in [1.54, 1.807) is 7.05 Å². The van der Waals surface area contributed by atoms with Crippen LogP contribution in [0.2, 0.25) is 0 Å². The molecular weight excluding hydrogens is 495 g/mol. The Morgan fingerprint density at radius 2 is 2.07 bits per heavy atom. The predicted octanol–water partition coefficient (Wildman–Crippen LogP) is 4.14. The van der Waals surface area contributed by atoms with Gasteiger partial charge in [0.2, 0.25) is 5.91 Å². The number of fused-ring (bicyclic) bond motifs is 1. The number of thiophene rings is 1. The predicted molar refractivity (Wildman–Crippen MR) is 134 cm³/mol. The Kier molecular flexibility index (Phi) is 9.42. The van der Waals surface area contributed by atoms with Crippen molar-refractivity contribution in [3.8, 4) is 0 Å². The minimum Gasteiger partial charge on any atom is -0.356 e. The lowest BCUT2D eigenvalue weighted by Gasteiger charge is -2.19. The third kappa shape index (κ3) is 6.70. The molecule has 0 bridgehead atoms. The van der Waals surface area contributed by atoms with Crippen LogP contribution in [0.25, 0.3) is 0 Å². The number of nitrogens with zero attached hydrogens (tertiary/aromatic N) is 2. The molecule has 158 valence electrons. The van der Waals surface area contributed by atoms with Gasteiger partial charge < -0.3 is 15.5 Å². The fraction of sp³-hybridized carbons (Fsp3) is 0.455. The van der Waals surface area contributed by atoms with Gasteiger partial charge in [-0.15, -0.1) is 35.3 Å². The summed E-state index contributed by atoms with van der Waals surface area (Å²) in [6.07, 6.45) is 3.27. The average molecular weight is 526 g/mol. The summed E-state index contributed by atoms with van der Waals surface area (Å²) < 4.78 is 0. The van der Waals surface area contributed by atoms with Crippen LogP contribution in [-0.2, 0) is 17.6 Å². The van der Waals surface area contributed by atoms with Crippen molar-refractivity contribution in [2.24, 2.45) is 4.99 Å². The number of halogens is 1. The van der Waals surface area contributed by atoms with Crippen molar-refractivity contribution in [3.63, 3.8) is 0 Å². The number of para-hydroxylation sites is 1. The second kappa shape index (κ2) is 11.5. The Morgan fingerprint density at radius 1 is 1.28 bits per heavy atom. The van der Waals surface area contributed by atoms with Crippen molar-refractivity contribution >= 4 is 52.9 Å². The molecule has 2 heterocycles. The first-order valence-corrected chi connectivity index (χ1v) is 10.8. The van der Waals surface area contributed by atoms with E-state index >= 15 is 0 Å². The molecule has 1 aliphatic rings. The Labute approximate surface area is 195 Å². The molecule has 1 aliphatic heterocycles. The lowest BCUT2D eigenvalue weighted by molar-refractivity contribution is -0.118. The zero-order valence-corrected chi connectivity index (χ0v) is 20.6. The van der Waals surface area contributed by atoms with Crippen molar-refractivity contribution in [3.05, 3.63) is 51.7 Å². The van der Waals surface area contributed by atoms with Crippen LogP contribution in [0.4, 0.5) is 5.69 Å². The van der Waals surface area contributed by atoms with Gasteiger partial charge in [-0.3, -0.25) is 9.79 Å². The van der Waals surface area contributed by atoms with Gasteiger partial charge in [-0.05, 0) is 50.5 Å². The molecule has 1 amide bonds. The summed E-state index contributed by atoms with van der Waals surface area (Å²) in [6, 6.07) is 12.8. The molecule has 1 atom stereocenters. The molecule has 0 aliphatic carbocycles. The summed E-state index contributed by atoms with van der Waals surface area (Å²) in [7, 11) is 1.78. The quantitative estimate of drug-likeness (QED) is 0.247. The molecule has 2 aromatic rings. The van der Waals surface area contributed by atoms with Gasteiger partial charge in [0.1, 0.15) is 0 Å². The monoisotopic (exact) mass is 526 g/mol. The number of amides is 1. The molecule has 0 saturated heterocycles. The zero-order valence-electron chi connectivity index (χ0n) is 17.4. The maximum absolute atomic E-state index is 12.6. The zero-order chi connectivity index (χ0) is 19.9. The first kappa shape index (κ1) is 23.7. The number of hydrogen-bond acceptors (Lipinski definition) is 3. The van der Waals surface area contributed by atoms with E-state index in [1.807, 2.05) is 34.4 Å². The molecule has 29 heavy (non-hydrogen) atoms. The van der Waals surface area contributed by atoms with Gasteiger partial charge in [-0.25, -0.2) is 0 Å². The van der Waals surface area contributed by atoms with Crippen LogP contribution >= 0.6 is 35.3 Å². The SMILES string of the molecule is CN=C(NCCCC(=O)N1CCc2ccccc21)NC(C)Cc1ccc(C)s1.I. The standard InChI is InChI=1S/C22H30N4OS.HI/c1-16(15-19-11-10-17(2)28-19)25-22(23-3)24-13-6-9-21(27)26-14-12-18-7-4-5-8-20(18)26;/h4-5,7-8,10-11,16H,6,9,12-15H2,1-3H3,(H2,23,24,25);1H. The number of guanidine groups is 1. The smallest absolute Gasteiger partial charge is 0.227 e. The number of anilines is 1. The normalized spacial score (nSPS) is 14.2. The summed E-state index contributed by atoms with van der Waals surface area (Å²) in [4.78, 5) is 21.5. The minimum atomic E-state index is 0. The fourth-order valence-corrected chi connectivity index (χ4v) is 4.57. The Balaban J connectivity index is 0.00000300. The molecular formula is C22H31IN4OS. The topological polar surface area (TPSA) is 56.7 Å². The Hall–Kier alpha value is -1.61. The molecule has 3 rings (SSSR count). The summed E-state index contributed by atoms with van der Waals surface area (Å²) in [5.41, 5.74) is 2.35. The van der Waals surface area contributed by atoms with E-state index in [9.17, 15) is 4.79 Å². The maximum atomic E-state index is 12.6. The molecule has 0 radical (unpaired) electrons. The van der Waals surface area contributed by atoms with Crippen LogP contribution in [0.1, 0.15) is 35.1 Å². The van der Waals surface area contributed by atoms with Crippen LogP contribution in [0.5, 0.6) is 0 Å². The second-order valence-electron chi connectivity index (χ2n) is 7.29. The van der Waals surface area contributed by atoms with E-state index in [0.717, 1.165) is 44.0 Å². The molecule has 1 aromatic carbocycles. The molecule has 1 aromatic heterocycles. The van der Waals surface area contributed by atoms with E-state index in [1.165, 1.54) is 15.3 Å². The number of carbonyl (C=O) groups is 1. The summed E-state index contributed by atoms with van der Waals surface area (Å²) in [6.45, 7) is 5.82. The molecule has 0 fully saturated rings. The van der Waals surface area contributed by atoms with Gasteiger partial charge in [0.15, 0.2) is 5.96 Å². The van der Waals surface area contributed by atoms with E-state index < -0.39 is 0 Å². The molecule has 2 N–H and O–H groups in total. The largest absolute Gasteiger partial charge is 0.356 e. The van der Waals surface area contributed by atoms with Crippen LogP contribution in [0.15, 0.2) is 41.4 Å². The summed E-state index contributed by atoms with van der Waals surface area (Å²) >= 11 is 1.84. The van der Waals surface area contributed by atoms with Crippen LogP contribution in [0.3, 0.4) is 0 Å². The molecule has 0 spiro atoms. The number of carbonyl (C=O) groups excluding carboxylic acids is 1. The third-order valence-corrected chi connectivity index (χ3v) is 5.98. The highest BCUT2D eigenvalue weighted by atomic mass is 127. The van der Waals surface area contributed by atoms with Crippen molar-refractivity contribution in [1.29, 1.82) is 0 Å². The van der Waals surface area contributed by atoms with E-state index in [2.05, 4.69) is 47.7 Å². The van der Waals surface area contributed by atoms with Crippen LogP contribution < -0.4 is 15.5 Å². The first-order chi connectivity index (χ1) is 13.6. The van der Waals surface area contributed by atoms with Crippen molar-refractivity contribution in [2.75, 3.05) is 25.0 Å². The number of hydrogen-bond donors (Lipinski definition) is 2. The molecule has 7 heteroatoms. The summed E-state index contributed by atoms with van der Waals surface area (Å²) in [5, 5.41) is 6.76. The van der Waals surface area contributed by atoms with E-state index in [-0.39, 0.29) is 29.9 Å². The average Bonchev–Trinajstić information content (AvgIpc) is 3.30. The molecule has 5 nitrogen and oxygen atoms in total. The van der Waals surface area contributed by atoms with Gasteiger partial charge in [-0.2, -0.15) is 0 Å². The van der Waals surface area contributed by atoms with Crippen LogP contribution in [0, 0.1) is 6.92 Å².